The van der Waals surface area contributed by atoms with E-state index in [1.165, 1.54) is 0 Å². The highest BCUT2D eigenvalue weighted by molar-refractivity contribution is 5.74. The number of carbonyl (C=O) groups is 1. The monoisotopic (exact) mass is 218 g/mol. The predicted molar refractivity (Wildman–Crippen MR) is 57.8 cm³/mol. The fourth-order valence-corrected chi connectivity index (χ4v) is 1.32. The molecule has 0 heterocycles. The van der Waals surface area contributed by atoms with Crippen molar-refractivity contribution in [3.63, 3.8) is 0 Å². The Labute approximate surface area is 91.9 Å². The zero-order valence-electron chi connectivity index (χ0n) is 10.1. The SMILES string of the molecule is CCOC(=O)C(CC(C)OCC)OCC. The maximum absolute atomic E-state index is 11.5. The van der Waals surface area contributed by atoms with Gasteiger partial charge in [0.2, 0.25) is 0 Å². The second-order valence-corrected chi connectivity index (χ2v) is 3.20. The second-order valence-electron chi connectivity index (χ2n) is 3.20. The van der Waals surface area contributed by atoms with Crippen molar-refractivity contribution in [3.05, 3.63) is 0 Å². The van der Waals surface area contributed by atoms with Crippen molar-refractivity contribution < 1.29 is 19.0 Å². The first-order chi connectivity index (χ1) is 7.15. The van der Waals surface area contributed by atoms with Gasteiger partial charge >= 0.3 is 5.97 Å². The van der Waals surface area contributed by atoms with Gasteiger partial charge in [0.25, 0.3) is 0 Å². The first-order valence-electron chi connectivity index (χ1n) is 5.55. The quantitative estimate of drug-likeness (QED) is 0.582. The fourth-order valence-electron chi connectivity index (χ4n) is 1.32. The molecule has 0 N–H and O–H groups in total. The van der Waals surface area contributed by atoms with E-state index in [2.05, 4.69) is 0 Å². The normalized spacial score (nSPS) is 14.7. The molecule has 0 saturated heterocycles. The van der Waals surface area contributed by atoms with Crippen LogP contribution in [-0.2, 0) is 19.0 Å². The van der Waals surface area contributed by atoms with Gasteiger partial charge in [0.1, 0.15) is 0 Å². The van der Waals surface area contributed by atoms with Crippen LogP contribution in [0.2, 0.25) is 0 Å². The molecule has 0 amide bonds. The number of esters is 1. The van der Waals surface area contributed by atoms with Crippen LogP contribution in [0.4, 0.5) is 0 Å². The van der Waals surface area contributed by atoms with E-state index in [-0.39, 0.29) is 12.1 Å². The molecule has 2 unspecified atom stereocenters. The number of hydrogen-bond donors (Lipinski definition) is 0. The molecule has 0 radical (unpaired) electrons. The molecular formula is C11H22O4. The van der Waals surface area contributed by atoms with Gasteiger partial charge in [-0.2, -0.15) is 0 Å². The second kappa shape index (κ2) is 8.68. The number of rotatable bonds is 8. The molecule has 0 aliphatic carbocycles. The van der Waals surface area contributed by atoms with Crippen LogP contribution in [0, 0.1) is 0 Å². The van der Waals surface area contributed by atoms with Gasteiger partial charge in [0, 0.05) is 19.6 Å². The van der Waals surface area contributed by atoms with E-state index in [0.29, 0.717) is 26.2 Å². The Hall–Kier alpha value is -0.610. The van der Waals surface area contributed by atoms with Crippen molar-refractivity contribution in [2.45, 2.75) is 46.3 Å². The summed E-state index contributed by atoms with van der Waals surface area (Å²) in [6, 6.07) is 0. The molecule has 2 atom stereocenters. The van der Waals surface area contributed by atoms with Gasteiger partial charge in [-0.05, 0) is 27.7 Å². The van der Waals surface area contributed by atoms with Crippen LogP contribution in [0.3, 0.4) is 0 Å². The van der Waals surface area contributed by atoms with Crippen molar-refractivity contribution in [1.82, 2.24) is 0 Å². The molecule has 4 nitrogen and oxygen atoms in total. The van der Waals surface area contributed by atoms with Crippen LogP contribution in [0.25, 0.3) is 0 Å². The average Bonchev–Trinajstić information content (AvgIpc) is 2.18. The van der Waals surface area contributed by atoms with Crippen molar-refractivity contribution in [2.75, 3.05) is 19.8 Å². The first-order valence-corrected chi connectivity index (χ1v) is 5.55. The predicted octanol–water partition coefficient (Wildman–Crippen LogP) is 1.77. The Balaban J connectivity index is 4.07. The molecule has 0 aliphatic heterocycles. The van der Waals surface area contributed by atoms with Crippen LogP contribution in [0.5, 0.6) is 0 Å². The van der Waals surface area contributed by atoms with Gasteiger partial charge in [-0.1, -0.05) is 0 Å². The molecule has 0 fully saturated rings. The van der Waals surface area contributed by atoms with Crippen molar-refractivity contribution in [3.8, 4) is 0 Å². The van der Waals surface area contributed by atoms with E-state index in [1.807, 2.05) is 20.8 Å². The third kappa shape index (κ3) is 6.47. The summed E-state index contributed by atoms with van der Waals surface area (Å²) in [6.07, 6.45) is 0.0491. The summed E-state index contributed by atoms with van der Waals surface area (Å²) in [5.74, 6) is -0.300. The van der Waals surface area contributed by atoms with E-state index < -0.39 is 6.10 Å². The smallest absolute Gasteiger partial charge is 0.335 e. The highest BCUT2D eigenvalue weighted by Gasteiger charge is 2.22. The summed E-state index contributed by atoms with van der Waals surface area (Å²) in [6.45, 7) is 9.02. The molecule has 0 aliphatic rings. The van der Waals surface area contributed by atoms with Gasteiger partial charge in [-0.3, -0.25) is 0 Å². The van der Waals surface area contributed by atoms with Crippen LogP contribution < -0.4 is 0 Å². The average molecular weight is 218 g/mol. The number of ether oxygens (including phenoxy) is 3. The summed E-state index contributed by atoms with van der Waals surface area (Å²) >= 11 is 0. The minimum absolute atomic E-state index is 0.0101. The Morgan fingerprint density at radius 3 is 2.13 bits per heavy atom. The molecule has 0 bridgehead atoms. The summed E-state index contributed by atoms with van der Waals surface area (Å²) in [5.41, 5.74) is 0. The highest BCUT2D eigenvalue weighted by atomic mass is 16.6. The molecule has 4 heteroatoms. The Kier molecular flexibility index (Phi) is 8.33. The van der Waals surface area contributed by atoms with Crippen molar-refractivity contribution >= 4 is 5.97 Å². The van der Waals surface area contributed by atoms with E-state index >= 15 is 0 Å². The Bertz CT molecular complexity index is 170. The van der Waals surface area contributed by atoms with Gasteiger partial charge in [0.05, 0.1) is 12.7 Å². The molecule has 0 aromatic heterocycles. The number of hydrogen-bond acceptors (Lipinski definition) is 4. The summed E-state index contributed by atoms with van der Waals surface area (Å²) in [5, 5.41) is 0. The van der Waals surface area contributed by atoms with E-state index in [0.717, 1.165) is 0 Å². The lowest BCUT2D eigenvalue weighted by Crippen LogP contribution is -2.31. The third-order valence-electron chi connectivity index (χ3n) is 1.91. The van der Waals surface area contributed by atoms with Crippen molar-refractivity contribution in [1.29, 1.82) is 0 Å². The first kappa shape index (κ1) is 14.4. The van der Waals surface area contributed by atoms with Gasteiger partial charge in [-0.15, -0.1) is 0 Å². The van der Waals surface area contributed by atoms with E-state index in [9.17, 15) is 4.79 Å². The molecule has 0 saturated carbocycles. The van der Waals surface area contributed by atoms with Gasteiger partial charge in [0.15, 0.2) is 6.10 Å². The van der Waals surface area contributed by atoms with Crippen LogP contribution >= 0.6 is 0 Å². The van der Waals surface area contributed by atoms with Gasteiger partial charge < -0.3 is 14.2 Å². The largest absolute Gasteiger partial charge is 0.464 e. The molecule has 0 aromatic carbocycles. The standard InChI is InChI=1S/C11H22O4/c1-5-13-9(4)8-10(14-6-2)11(12)15-7-3/h9-10H,5-8H2,1-4H3. The molecule has 0 spiro atoms. The Morgan fingerprint density at radius 2 is 1.67 bits per heavy atom. The molecule has 15 heavy (non-hydrogen) atoms. The number of carbonyl (C=O) groups excluding carboxylic acids is 1. The summed E-state index contributed by atoms with van der Waals surface area (Å²) in [7, 11) is 0. The highest BCUT2D eigenvalue weighted by Crippen LogP contribution is 2.08. The zero-order valence-corrected chi connectivity index (χ0v) is 10.1. The molecule has 0 aromatic rings. The fraction of sp³-hybridized carbons (Fsp3) is 0.909. The lowest BCUT2D eigenvalue weighted by atomic mass is 10.2. The lowest BCUT2D eigenvalue weighted by Gasteiger charge is -2.19. The topological polar surface area (TPSA) is 44.8 Å². The van der Waals surface area contributed by atoms with Crippen molar-refractivity contribution in [2.24, 2.45) is 0 Å². The Morgan fingerprint density at radius 1 is 1.07 bits per heavy atom. The molecule has 90 valence electrons. The summed E-state index contributed by atoms with van der Waals surface area (Å²) in [4.78, 5) is 11.5. The minimum atomic E-state index is -0.503. The van der Waals surface area contributed by atoms with E-state index in [1.54, 1.807) is 6.92 Å². The van der Waals surface area contributed by atoms with Gasteiger partial charge in [-0.25, -0.2) is 4.79 Å². The minimum Gasteiger partial charge on any atom is -0.464 e. The van der Waals surface area contributed by atoms with E-state index in [4.69, 9.17) is 14.2 Å². The molecular weight excluding hydrogens is 196 g/mol. The van der Waals surface area contributed by atoms with Crippen LogP contribution in [0.15, 0.2) is 0 Å². The maximum Gasteiger partial charge on any atom is 0.335 e. The lowest BCUT2D eigenvalue weighted by molar-refractivity contribution is -0.158. The molecule has 0 rings (SSSR count). The zero-order chi connectivity index (χ0) is 11.7. The summed E-state index contributed by atoms with van der Waals surface area (Å²) < 4.78 is 15.6. The van der Waals surface area contributed by atoms with Crippen LogP contribution in [0.1, 0.15) is 34.1 Å². The van der Waals surface area contributed by atoms with Crippen LogP contribution in [-0.4, -0.2) is 38.0 Å². The maximum atomic E-state index is 11.5. The third-order valence-corrected chi connectivity index (χ3v) is 1.91.